The Bertz CT molecular complexity index is 606. The van der Waals surface area contributed by atoms with Crippen molar-refractivity contribution < 1.29 is 9.90 Å². The summed E-state index contributed by atoms with van der Waals surface area (Å²) in [6.07, 6.45) is 1.62. The van der Waals surface area contributed by atoms with E-state index in [1.807, 2.05) is 0 Å². The Morgan fingerprint density at radius 1 is 1.33 bits per heavy atom. The number of benzene rings is 1. The van der Waals surface area contributed by atoms with E-state index in [1.165, 1.54) is 11.8 Å². The van der Waals surface area contributed by atoms with E-state index in [9.17, 15) is 9.90 Å². The predicted octanol–water partition coefficient (Wildman–Crippen LogP) is 4.35. The lowest BCUT2D eigenvalue weighted by molar-refractivity contribution is 0.0692. The molecule has 2 rings (SSSR count). The Hall–Kier alpha value is -1.04. The second kappa shape index (κ2) is 5.73. The molecule has 18 heavy (non-hydrogen) atoms. The van der Waals surface area contributed by atoms with Crippen molar-refractivity contribution in [1.29, 1.82) is 0 Å². The first-order chi connectivity index (χ1) is 8.59. The normalized spacial score (nSPS) is 10.3. The molecule has 1 N–H and O–H groups in total. The molecular weight excluding hydrogens is 338 g/mol. The van der Waals surface area contributed by atoms with Gasteiger partial charge in [-0.05, 0) is 40.2 Å². The molecule has 0 radical (unpaired) electrons. The van der Waals surface area contributed by atoms with E-state index in [2.05, 4.69) is 20.9 Å². The predicted molar refractivity (Wildman–Crippen MR) is 74.5 cm³/mol. The van der Waals surface area contributed by atoms with Crippen molar-refractivity contribution in [2.45, 2.75) is 9.92 Å². The Labute approximate surface area is 121 Å². The average Bonchev–Trinajstić information content (AvgIpc) is 2.31. The largest absolute Gasteiger partial charge is 0.478 e. The van der Waals surface area contributed by atoms with E-state index in [0.717, 1.165) is 0 Å². The molecule has 0 unspecified atom stereocenters. The number of pyridine rings is 1. The highest BCUT2D eigenvalue weighted by molar-refractivity contribution is 9.10. The summed E-state index contributed by atoms with van der Waals surface area (Å²) < 4.78 is 0.534. The molecule has 0 bridgehead atoms. The maximum absolute atomic E-state index is 11.2. The topological polar surface area (TPSA) is 50.2 Å². The van der Waals surface area contributed by atoms with Gasteiger partial charge in [-0.15, -0.1) is 0 Å². The molecule has 92 valence electrons. The van der Waals surface area contributed by atoms with Crippen LogP contribution in [0.25, 0.3) is 0 Å². The zero-order valence-electron chi connectivity index (χ0n) is 8.93. The van der Waals surface area contributed by atoms with Gasteiger partial charge in [0.25, 0.3) is 0 Å². The van der Waals surface area contributed by atoms with Crippen LogP contribution in [0.2, 0.25) is 5.02 Å². The van der Waals surface area contributed by atoms with E-state index in [4.69, 9.17) is 11.6 Å². The smallest absolute Gasteiger partial charge is 0.338 e. The van der Waals surface area contributed by atoms with Crippen molar-refractivity contribution in [3.63, 3.8) is 0 Å². The van der Waals surface area contributed by atoms with E-state index in [1.54, 1.807) is 36.5 Å². The van der Waals surface area contributed by atoms with E-state index >= 15 is 0 Å². The van der Waals surface area contributed by atoms with E-state index in [0.29, 0.717) is 19.4 Å². The molecule has 2 aromatic rings. The number of carbonyl (C=O) groups is 1. The molecule has 0 amide bonds. The number of rotatable bonds is 3. The molecular formula is C12H7BrClNO2S. The van der Waals surface area contributed by atoms with Crippen molar-refractivity contribution in [2.75, 3.05) is 0 Å². The second-order valence-corrected chi connectivity index (χ2v) is 5.60. The van der Waals surface area contributed by atoms with Gasteiger partial charge in [0.05, 0.1) is 10.6 Å². The van der Waals surface area contributed by atoms with Crippen LogP contribution in [-0.2, 0) is 0 Å². The van der Waals surface area contributed by atoms with Crippen LogP contribution in [0.4, 0.5) is 0 Å². The molecule has 3 nitrogen and oxygen atoms in total. The zero-order chi connectivity index (χ0) is 13.1. The van der Waals surface area contributed by atoms with E-state index in [-0.39, 0.29) is 5.56 Å². The third-order valence-electron chi connectivity index (χ3n) is 2.12. The number of hydrogen-bond acceptors (Lipinski definition) is 3. The summed E-state index contributed by atoms with van der Waals surface area (Å²) in [7, 11) is 0. The van der Waals surface area contributed by atoms with Gasteiger partial charge in [-0.1, -0.05) is 29.4 Å². The first kappa shape index (κ1) is 13.4. The third-order valence-corrected chi connectivity index (χ3v) is 4.28. The first-order valence-electron chi connectivity index (χ1n) is 4.90. The highest BCUT2D eigenvalue weighted by Crippen LogP contribution is 2.35. The SMILES string of the molecule is O=C(O)c1c(Br)cccc1Sc1ncccc1Cl. The van der Waals surface area contributed by atoms with Gasteiger partial charge < -0.3 is 5.11 Å². The molecule has 0 atom stereocenters. The monoisotopic (exact) mass is 343 g/mol. The van der Waals surface area contributed by atoms with Crippen molar-refractivity contribution in [3.8, 4) is 0 Å². The standard InChI is InChI=1S/C12H7BrClNO2S/c13-7-3-1-5-9(10(7)12(16)17)18-11-8(14)4-2-6-15-11/h1-6H,(H,16,17). The number of nitrogens with zero attached hydrogens (tertiary/aromatic N) is 1. The van der Waals surface area contributed by atoms with Crippen LogP contribution >= 0.6 is 39.3 Å². The summed E-state index contributed by atoms with van der Waals surface area (Å²) in [5.74, 6) is -0.989. The van der Waals surface area contributed by atoms with Crippen molar-refractivity contribution in [3.05, 3.63) is 51.6 Å². The van der Waals surface area contributed by atoms with Crippen LogP contribution in [0, 0.1) is 0 Å². The Morgan fingerprint density at radius 3 is 2.78 bits per heavy atom. The van der Waals surface area contributed by atoms with Crippen LogP contribution in [0.15, 0.2) is 50.9 Å². The first-order valence-corrected chi connectivity index (χ1v) is 6.88. The summed E-state index contributed by atoms with van der Waals surface area (Å²) in [5, 5.41) is 10.3. The summed E-state index contributed by atoms with van der Waals surface area (Å²) in [6, 6.07) is 8.63. The molecule has 1 aromatic carbocycles. The second-order valence-electron chi connectivity index (χ2n) is 3.31. The summed E-state index contributed by atoms with van der Waals surface area (Å²) in [6.45, 7) is 0. The molecule has 0 fully saturated rings. The quantitative estimate of drug-likeness (QED) is 0.899. The molecule has 0 aliphatic rings. The molecule has 0 saturated heterocycles. The van der Waals surface area contributed by atoms with Gasteiger partial charge in [0.1, 0.15) is 5.03 Å². The van der Waals surface area contributed by atoms with Crippen LogP contribution < -0.4 is 0 Å². The number of aromatic nitrogens is 1. The number of halogens is 2. The van der Waals surface area contributed by atoms with Crippen LogP contribution in [-0.4, -0.2) is 16.1 Å². The minimum atomic E-state index is -0.989. The molecule has 1 heterocycles. The van der Waals surface area contributed by atoms with Gasteiger partial charge >= 0.3 is 5.97 Å². The fourth-order valence-electron chi connectivity index (χ4n) is 1.35. The van der Waals surface area contributed by atoms with Gasteiger partial charge in [-0.2, -0.15) is 0 Å². The molecule has 1 aromatic heterocycles. The molecule has 0 aliphatic carbocycles. The van der Waals surface area contributed by atoms with Gasteiger partial charge in [0, 0.05) is 15.6 Å². The number of hydrogen-bond donors (Lipinski definition) is 1. The minimum absolute atomic E-state index is 0.212. The molecule has 0 saturated carbocycles. The van der Waals surface area contributed by atoms with E-state index < -0.39 is 5.97 Å². The number of aromatic carboxylic acids is 1. The minimum Gasteiger partial charge on any atom is -0.478 e. The number of carboxylic acids is 1. The zero-order valence-corrected chi connectivity index (χ0v) is 12.1. The Kier molecular flexibility index (Phi) is 4.27. The lowest BCUT2D eigenvalue weighted by Gasteiger charge is -2.07. The average molecular weight is 345 g/mol. The van der Waals surface area contributed by atoms with Crippen LogP contribution in [0.1, 0.15) is 10.4 Å². The lowest BCUT2D eigenvalue weighted by atomic mass is 10.2. The van der Waals surface area contributed by atoms with Crippen molar-refractivity contribution in [1.82, 2.24) is 4.98 Å². The summed E-state index contributed by atoms with van der Waals surface area (Å²) in [4.78, 5) is 15.9. The fourth-order valence-corrected chi connectivity index (χ4v) is 3.19. The van der Waals surface area contributed by atoms with Crippen LogP contribution in [0.5, 0.6) is 0 Å². The van der Waals surface area contributed by atoms with Gasteiger partial charge in [-0.3, -0.25) is 0 Å². The van der Waals surface area contributed by atoms with Crippen LogP contribution in [0.3, 0.4) is 0 Å². The van der Waals surface area contributed by atoms with Crippen molar-refractivity contribution in [2.24, 2.45) is 0 Å². The highest BCUT2D eigenvalue weighted by Gasteiger charge is 2.16. The summed E-state index contributed by atoms with van der Waals surface area (Å²) in [5.41, 5.74) is 0.212. The molecule has 0 aliphatic heterocycles. The van der Waals surface area contributed by atoms with Gasteiger partial charge in [0.2, 0.25) is 0 Å². The third kappa shape index (κ3) is 2.85. The Morgan fingerprint density at radius 2 is 2.11 bits per heavy atom. The fraction of sp³-hybridized carbons (Fsp3) is 0. The van der Waals surface area contributed by atoms with Gasteiger partial charge in [-0.25, -0.2) is 9.78 Å². The Balaban J connectivity index is 2.44. The molecule has 0 spiro atoms. The number of carboxylic acid groups (broad SMARTS) is 1. The maximum atomic E-state index is 11.2. The lowest BCUT2D eigenvalue weighted by Crippen LogP contribution is -2.00. The molecule has 6 heteroatoms. The van der Waals surface area contributed by atoms with Gasteiger partial charge in [0.15, 0.2) is 0 Å². The maximum Gasteiger partial charge on any atom is 0.338 e. The highest BCUT2D eigenvalue weighted by atomic mass is 79.9. The van der Waals surface area contributed by atoms with Crippen molar-refractivity contribution >= 4 is 45.3 Å². The summed E-state index contributed by atoms with van der Waals surface area (Å²) >= 11 is 10.5.